The molecule has 5 aliphatic rings. The average molecular weight is 535 g/mol. The molecule has 0 aliphatic carbocycles. The molecule has 9 rings (SSSR count). The summed E-state index contributed by atoms with van der Waals surface area (Å²) in [5.74, 6) is 0.0690. The molecule has 1 amide bonds. The van der Waals surface area contributed by atoms with Crippen molar-refractivity contribution in [2.75, 3.05) is 6.54 Å². The van der Waals surface area contributed by atoms with Crippen LogP contribution in [0.3, 0.4) is 0 Å². The molecule has 206 valence electrons. The third-order valence-electron chi connectivity index (χ3n) is 9.32. The van der Waals surface area contributed by atoms with E-state index in [1.165, 1.54) is 11.1 Å². The molecule has 1 atom stereocenters. The summed E-state index contributed by atoms with van der Waals surface area (Å²) in [7, 11) is 0. The summed E-state index contributed by atoms with van der Waals surface area (Å²) >= 11 is 0. The van der Waals surface area contributed by atoms with E-state index in [1.807, 2.05) is 35.6 Å². The Labute approximate surface area is 236 Å². The number of hydrogen-bond donors (Lipinski definition) is 0. The molecule has 0 saturated heterocycles. The molecule has 0 radical (unpaired) electrons. The van der Waals surface area contributed by atoms with Crippen LogP contribution in [0.4, 0.5) is 0 Å². The Morgan fingerprint density at radius 1 is 0.925 bits per heavy atom. The van der Waals surface area contributed by atoms with Crippen molar-refractivity contribution in [2.45, 2.75) is 78.8 Å². The lowest BCUT2D eigenvalue weighted by atomic mass is 9.67. The number of hydrogen-bond acceptors (Lipinski definition) is 4. The Bertz CT molecular complexity index is 1600. The highest BCUT2D eigenvalue weighted by atomic mass is 16.2. The van der Waals surface area contributed by atoms with Crippen LogP contribution in [0.15, 0.2) is 54.6 Å². The summed E-state index contributed by atoms with van der Waals surface area (Å²) in [5, 5.41) is 9.13. The van der Waals surface area contributed by atoms with E-state index in [0.29, 0.717) is 13.1 Å². The molecular formula is C34H38N4O2. The highest BCUT2D eigenvalue weighted by molar-refractivity contribution is 5.94. The summed E-state index contributed by atoms with van der Waals surface area (Å²) in [6.07, 6.45) is 5.05. The number of ketones is 1. The zero-order valence-corrected chi connectivity index (χ0v) is 24.0. The normalized spacial score (nSPS) is 18.1. The van der Waals surface area contributed by atoms with Gasteiger partial charge in [0.25, 0.3) is 5.91 Å². The Morgan fingerprint density at radius 2 is 1.73 bits per heavy atom. The van der Waals surface area contributed by atoms with Crippen molar-refractivity contribution in [1.29, 1.82) is 0 Å². The van der Waals surface area contributed by atoms with E-state index in [0.717, 1.165) is 77.5 Å². The van der Waals surface area contributed by atoms with Crippen molar-refractivity contribution in [3.8, 4) is 0 Å². The first-order valence-corrected chi connectivity index (χ1v) is 14.6. The molecule has 1 aromatic heterocycles. The van der Waals surface area contributed by atoms with E-state index >= 15 is 0 Å². The highest BCUT2D eigenvalue weighted by Gasteiger charge is 2.38. The Morgan fingerprint density at radius 3 is 2.50 bits per heavy atom. The van der Waals surface area contributed by atoms with E-state index in [9.17, 15) is 9.59 Å². The van der Waals surface area contributed by atoms with E-state index in [2.05, 4.69) is 59.7 Å². The molecule has 0 N–H and O–H groups in total. The van der Waals surface area contributed by atoms with Crippen LogP contribution in [-0.4, -0.2) is 38.1 Å². The maximum atomic E-state index is 13.5. The molecule has 4 aromatic rings. The van der Waals surface area contributed by atoms with Crippen LogP contribution in [-0.2, 0) is 30.7 Å². The second-order valence-electron chi connectivity index (χ2n) is 12.2. The Kier molecular flexibility index (Phi) is 6.81. The molecule has 0 spiro atoms. The van der Waals surface area contributed by atoms with Crippen LogP contribution in [0.2, 0.25) is 0 Å². The second kappa shape index (κ2) is 10.3. The van der Waals surface area contributed by atoms with E-state index in [1.54, 1.807) is 6.92 Å². The first-order chi connectivity index (χ1) is 19.2. The number of nitrogens with zero attached hydrogens (tertiary/aromatic N) is 4. The van der Waals surface area contributed by atoms with Crippen molar-refractivity contribution in [2.24, 2.45) is 5.41 Å². The van der Waals surface area contributed by atoms with Gasteiger partial charge in [-0.05, 0) is 91.1 Å². The minimum absolute atomic E-state index is 0.0813. The standard InChI is InChI=1S/C34H38N4O2/c1-22-29-15-16-30-32(22)35-36-38(30)18-7-5-6-8-24-9-11-26(12-10-24)33(40)37-19-17-25-13-14-27(20-28(25)21-37)31(29)34(3,4)23(2)39/h9-16,20,31H,5-8,17-19,21H2,1-4H3. The van der Waals surface area contributed by atoms with Gasteiger partial charge in [-0.3, -0.25) is 9.59 Å². The number of benzene rings is 3. The number of carbonyl (C=O) groups is 2. The maximum absolute atomic E-state index is 13.5. The second-order valence-corrected chi connectivity index (χ2v) is 12.2. The van der Waals surface area contributed by atoms with E-state index in [4.69, 9.17) is 0 Å². The Balaban J connectivity index is 1.49. The topological polar surface area (TPSA) is 68.1 Å². The molecule has 0 fully saturated rings. The van der Waals surface area contributed by atoms with Crippen molar-refractivity contribution in [3.63, 3.8) is 0 Å². The fourth-order valence-electron chi connectivity index (χ4n) is 6.54. The van der Waals surface area contributed by atoms with Crippen LogP contribution >= 0.6 is 0 Å². The zero-order chi connectivity index (χ0) is 28.0. The number of aromatic nitrogens is 3. The summed E-state index contributed by atoms with van der Waals surface area (Å²) < 4.78 is 2.02. The number of rotatable bonds is 2. The molecule has 6 nitrogen and oxygen atoms in total. The molecule has 9 bridgehead atoms. The van der Waals surface area contributed by atoms with Gasteiger partial charge >= 0.3 is 0 Å². The van der Waals surface area contributed by atoms with Gasteiger partial charge in [0.05, 0.1) is 5.52 Å². The monoisotopic (exact) mass is 534 g/mol. The third-order valence-corrected chi connectivity index (χ3v) is 9.32. The fourth-order valence-corrected chi connectivity index (χ4v) is 6.54. The largest absolute Gasteiger partial charge is 0.334 e. The van der Waals surface area contributed by atoms with Gasteiger partial charge in [0.1, 0.15) is 11.3 Å². The van der Waals surface area contributed by atoms with Crippen molar-refractivity contribution in [3.05, 3.63) is 93.5 Å². The van der Waals surface area contributed by atoms with Crippen molar-refractivity contribution >= 4 is 22.7 Å². The Hall–Kier alpha value is -3.80. The first-order valence-electron chi connectivity index (χ1n) is 14.6. The zero-order valence-electron chi connectivity index (χ0n) is 24.0. The number of Topliss-reactive ketones (excluding diaryl/α,β-unsaturated/α-hetero) is 1. The molecular weight excluding hydrogens is 496 g/mol. The van der Waals surface area contributed by atoms with Gasteiger partial charge in [0, 0.05) is 36.5 Å². The summed E-state index contributed by atoms with van der Waals surface area (Å²) in [6.45, 7) is 9.99. The molecule has 1 unspecified atom stereocenters. The minimum atomic E-state index is -0.635. The maximum Gasteiger partial charge on any atom is 0.254 e. The summed E-state index contributed by atoms with van der Waals surface area (Å²) in [5.41, 5.74) is 9.04. The number of amides is 1. The molecule has 5 aliphatic heterocycles. The fraction of sp³-hybridized carbons (Fsp3) is 0.412. The predicted octanol–water partition coefficient (Wildman–Crippen LogP) is 6.41. The molecule has 3 aromatic carbocycles. The highest BCUT2D eigenvalue weighted by Crippen LogP contribution is 2.44. The summed E-state index contributed by atoms with van der Waals surface area (Å²) in [6, 6.07) is 19.1. The van der Waals surface area contributed by atoms with Crippen molar-refractivity contribution in [1.82, 2.24) is 19.9 Å². The number of carbonyl (C=O) groups excluding carboxylic acids is 2. The van der Waals surface area contributed by atoms with Crippen molar-refractivity contribution < 1.29 is 9.59 Å². The van der Waals surface area contributed by atoms with Gasteiger partial charge in [-0.25, -0.2) is 4.68 Å². The van der Waals surface area contributed by atoms with Gasteiger partial charge in [-0.2, -0.15) is 0 Å². The van der Waals surface area contributed by atoms with Crippen LogP contribution in [0.1, 0.15) is 89.7 Å². The van der Waals surface area contributed by atoms with Crippen LogP contribution in [0.5, 0.6) is 0 Å². The van der Waals surface area contributed by atoms with Gasteiger partial charge in [0.15, 0.2) is 0 Å². The molecule has 6 heterocycles. The quantitative estimate of drug-likeness (QED) is 0.298. The van der Waals surface area contributed by atoms with E-state index in [-0.39, 0.29) is 17.6 Å². The van der Waals surface area contributed by atoms with Crippen LogP contribution in [0, 0.1) is 12.3 Å². The van der Waals surface area contributed by atoms with Crippen LogP contribution in [0.25, 0.3) is 11.0 Å². The third kappa shape index (κ3) is 4.63. The molecule has 40 heavy (non-hydrogen) atoms. The molecule has 6 heteroatoms. The minimum Gasteiger partial charge on any atom is -0.334 e. The average Bonchev–Trinajstić information content (AvgIpc) is 3.37. The smallest absolute Gasteiger partial charge is 0.254 e. The van der Waals surface area contributed by atoms with Gasteiger partial charge < -0.3 is 4.90 Å². The van der Waals surface area contributed by atoms with Gasteiger partial charge in [0.2, 0.25) is 0 Å². The lowest BCUT2D eigenvalue weighted by Gasteiger charge is -2.35. The first kappa shape index (κ1) is 26.4. The van der Waals surface area contributed by atoms with E-state index < -0.39 is 5.41 Å². The van der Waals surface area contributed by atoms with Crippen LogP contribution < -0.4 is 0 Å². The SMILES string of the molecule is CC(=O)C(C)(C)C1c2ccc3c(c2)CN(CC3)C(=O)c2ccc(cc2)CCCCCn2nnc3c(C)c1ccc32. The predicted molar refractivity (Wildman–Crippen MR) is 157 cm³/mol. The van der Waals surface area contributed by atoms with Gasteiger partial charge in [-0.15, -0.1) is 5.10 Å². The van der Waals surface area contributed by atoms with Gasteiger partial charge in [-0.1, -0.05) is 61.9 Å². The summed E-state index contributed by atoms with van der Waals surface area (Å²) in [4.78, 5) is 28.5. The molecule has 0 saturated carbocycles. The lowest BCUT2D eigenvalue weighted by Crippen LogP contribution is -2.36. The lowest BCUT2D eigenvalue weighted by molar-refractivity contribution is -0.125. The number of aryl methyl sites for hydroxylation is 3.